The van der Waals surface area contributed by atoms with Gasteiger partial charge in [0.05, 0.1) is 12.2 Å². The fourth-order valence-electron chi connectivity index (χ4n) is 2.98. The molecule has 1 aromatic heterocycles. The molecule has 2 atom stereocenters. The van der Waals surface area contributed by atoms with Gasteiger partial charge in [-0.1, -0.05) is 50.1 Å². The highest BCUT2D eigenvalue weighted by atomic mass is 35.5. The number of hydrogen-bond acceptors (Lipinski definition) is 3. The summed E-state index contributed by atoms with van der Waals surface area (Å²) in [6, 6.07) is 6.94. The number of aromatic nitrogens is 2. The Morgan fingerprint density at radius 1 is 1.32 bits per heavy atom. The minimum absolute atomic E-state index is 0.0308. The van der Waals surface area contributed by atoms with Gasteiger partial charge in [-0.3, -0.25) is 14.3 Å². The number of carbonyl (C=O) groups is 2. The van der Waals surface area contributed by atoms with E-state index in [9.17, 15) is 9.59 Å². The zero-order chi connectivity index (χ0) is 20.8. The Hall–Kier alpha value is -2.60. The standard InChI is InChI=1S/C21H27ClN4O2/c1-5-13(2)20(21(23)28)24-19(27)11-10-17-14(3)25-26(15(17)4)12-16-8-6-7-9-18(16)22/h6-11,13,20H,5,12H2,1-4H3,(H2,23,28)(H,24,27). The van der Waals surface area contributed by atoms with Gasteiger partial charge in [-0.25, -0.2) is 0 Å². The number of halogens is 1. The van der Waals surface area contributed by atoms with Crippen LogP contribution in [-0.4, -0.2) is 27.6 Å². The van der Waals surface area contributed by atoms with E-state index in [1.807, 2.05) is 56.6 Å². The lowest BCUT2D eigenvalue weighted by Crippen LogP contribution is -2.47. The number of rotatable bonds is 8. The van der Waals surface area contributed by atoms with Gasteiger partial charge in [-0.05, 0) is 37.5 Å². The molecule has 2 aromatic rings. The predicted molar refractivity (Wildman–Crippen MR) is 112 cm³/mol. The van der Waals surface area contributed by atoms with Crippen molar-refractivity contribution in [1.82, 2.24) is 15.1 Å². The summed E-state index contributed by atoms with van der Waals surface area (Å²) in [5.41, 5.74) is 8.97. The fraction of sp³-hybridized carbons (Fsp3) is 0.381. The highest BCUT2D eigenvalue weighted by Gasteiger charge is 2.22. The third kappa shape index (κ3) is 5.23. The molecule has 3 N–H and O–H groups in total. The van der Waals surface area contributed by atoms with Crippen LogP contribution in [-0.2, 0) is 16.1 Å². The van der Waals surface area contributed by atoms with Crippen molar-refractivity contribution in [3.63, 3.8) is 0 Å². The first-order valence-electron chi connectivity index (χ1n) is 9.29. The SMILES string of the molecule is CCC(C)C(NC(=O)C=Cc1c(C)nn(Cc2ccccc2Cl)c1C)C(N)=O. The van der Waals surface area contributed by atoms with Crippen molar-refractivity contribution in [2.45, 2.75) is 46.7 Å². The number of amides is 2. The second-order valence-electron chi connectivity index (χ2n) is 6.94. The van der Waals surface area contributed by atoms with Crippen LogP contribution in [0.15, 0.2) is 30.3 Å². The van der Waals surface area contributed by atoms with Crippen LogP contribution in [0.3, 0.4) is 0 Å². The Morgan fingerprint density at radius 2 is 2.00 bits per heavy atom. The summed E-state index contributed by atoms with van der Waals surface area (Å²) in [5.74, 6) is -0.922. The molecule has 0 radical (unpaired) electrons. The van der Waals surface area contributed by atoms with Crippen LogP contribution < -0.4 is 11.1 Å². The molecule has 6 nitrogen and oxygen atoms in total. The van der Waals surface area contributed by atoms with E-state index in [2.05, 4.69) is 10.4 Å². The zero-order valence-corrected chi connectivity index (χ0v) is 17.5. The highest BCUT2D eigenvalue weighted by Crippen LogP contribution is 2.20. The van der Waals surface area contributed by atoms with Crippen molar-refractivity contribution < 1.29 is 9.59 Å². The first kappa shape index (κ1) is 21.7. The van der Waals surface area contributed by atoms with Gasteiger partial charge in [0.1, 0.15) is 6.04 Å². The van der Waals surface area contributed by atoms with Crippen LogP contribution in [0.1, 0.15) is 42.8 Å². The summed E-state index contributed by atoms with van der Waals surface area (Å²) in [4.78, 5) is 23.8. The molecule has 0 saturated carbocycles. The average Bonchev–Trinajstić information content (AvgIpc) is 2.92. The molecule has 7 heteroatoms. The number of benzene rings is 1. The van der Waals surface area contributed by atoms with Crippen molar-refractivity contribution >= 4 is 29.5 Å². The number of aryl methyl sites for hydroxylation is 1. The van der Waals surface area contributed by atoms with E-state index >= 15 is 0 Å². The topological polar surface area (TPSA) is 90.0 Å². The third-order valence-electron chi connectivity index (χ3n) is 4.93. The van der Waals surface area contributed by atoms with Crippen LogP contribution >= 0.6 is 11.6 Å². The number of nitrogens with one attached hydrogen (secondary N) is 1. The lowest BCUT2D eigenvalue weighted by molar-refractivity contribution is -0.126. The summed E-state index contributed by atoms with van der Waals surface area (Å²) < 4.78 is 1.86. The van der Waals surface area contributed by atoms with Gasteiger partial charge >= 0.3 is 0 Å². The molecular formula is C21H27ClN4O2. The zero-order valence-electron chi connectivity index (χ0n) is 16.7. The predicted octanol–water partition coefficient (Wildman–Crippen LogP) is 3.23. The molecule has 0 aliphatic carbocycles. The van der Waals surface area contributed by atoms with Gasteiger partial charge in [-0.15, -0.1) is 0 Å². The summed E-state index contributed by atoms with van der Waals surface area (Å²) in [6.07, 6.45) is 3.87. The Bertz CT molecular complexity index is 889. The van der Waals surface area contributed by atoms with Crippen molar-refractivity contribution in [3.8, 4) is 0 Å². The molecule has 0 spiro atoms. The van der Waals surface area contributed by atoms with E-state index in [1.54, 1.807) is 6.08 Å². The molecule has 2 rings (SSSR count). The normalized spacial score (nSPS) is 13.5. The van der Waals surface area contributed by atoms with Crippen molar-refractivity contribution in [2.75, 3.05) is 0 Å². The first-order chi connectivity index (χ1) is 13.2. The van der Waals surface area contributed by atoms with Crippen LogP contribution in [0.4, 0.5) is 0 Å². The summed E-state index contributed by atoms with van der Waals surface area (Å²) >= 11 is 6.24. The van der Waals surface area contributed by atoms with E-state index in [0.29, 0.717) is 11.6 Å². The van der Waals surface area contributed by atoms with Gasteiger partial charge < -0.3 is 11.1 Å². The quantitative estimate of drug-likeness (QED) is 0.664. The molecule has 0 bridgehead atoms. The van der Waals surface area contributed by atoms with Gasteiger partial charge in [-0.2, -0.15) is 5.10 Å². The van der Waals surface area contributed by atoms with Gasteiger partial charge in [0.25, 0.3) is 0 Å². The molecule has 1 heterocycles. The maximum atomic E-state index is 12.3. The minimum Gasteiger partial charge on any atom is -0.368 e. The van der Waals surface area contributed by atoms with E-state index < -0.39 is 11.9 Å². The third-order valence-corrected chi connectivity index (χ3v) is 5.30. The molecule has 150 valence electrons. The van der Waals surface area contributed by atoms with Crippen LogP contribution in [0, 0.1) is 19.8 Å². The molecule has 0 aliphatic rings. The fourth-order valence-corrected chi connectivity index (χ4v) is 3.18. The number of nitrogens with zero attached hydrogens (tertiary/aromatic N) is 2. The molecule has 0 saturated heterocycles. The number of nitrogens with two attached hydrogens (primary N) is 1. The molecule has 0 aliphatic heterocycles. The monoisotopic (exact) mass is 402 g/mol. The van der Waals surface area contributed by atoms with E-state index in [4.69, 9.17) is 17.3 Å². The van der Waals surface area contributed by atoms with E-state index in [0.717, 1.165) is 28.9 Å². The number of carbonyl (C=O) groups excluding carboxylic acids is 2. The summed E-state index contributed by atoms with van der Waals surface area (Å²) in [6.45, 7) is 8.21. The summed E-state index contributed by atoms with van der Waals surface area (Å²) in [5, 5.41) is 7.93. The largest absolute Gasteiger partial charge is 0.368 e. The molecule has 0 fully saturated rings. The van der Waals surface area contributed by atoms with Gasteiger partial charge in [0, 0.05) is 22.4 Å². The van der Waals surface area contributed by atoms with Crippen molar-refractivity contribution in [3.05, 3.63) is 57.9 Å². The Morgan fingerprint density at radius 3 is 2.61 bits per heavy atom. The Kier molecular flexibility index (Phi) is 7.40. The second kappa shape index (κ2) is 9.55. The first-order valence-corrected chi connectivity index (χ1v) is 9.67. The number of hydrogen-bond donors (Lipinski definition) is 2. The van der Waals surface area contributed by atoms with Crippen LogP contribution in [0.25, 0.3) is 6.08 Å². The molecule has 2 amide bonds. The van der Waals surface area contributed by atoms with Gasteiger partial charge in [0.2, 0.25) is 11.8 Å². The lowest BCUT2D eigenvalue weighted by atomic mass is 9.98. The minimum atomic E-state index is -0.688. The maximum absolute atomic E-state index is 12.3. The Balaban J connectivity index is 2.15. The van der Waals surface area contributed by atoms with Crippen molar-refractivity contribution in [1.29, 1.82) is 0 Å². The van der Waals surface area contributed by atoms with Crippen LogP contribution in [0.2, 0.25) is 5.02 Å². The highest BCUT2D eigenvalue weighted by molar-refractivity contribution is 6.31. The van der Waals surface area contributed by atoms with Gasteiger partial charge in [0.15, 0.2) is 0 Å². The Labute approximate surface area is 170 Å². The molecule has 1 aromatic carbocycles. The van der Waals surface area contributed by atoms with E-state index in [1.165, 1.54) is 6.08 Å². The smallest absolute Gasteiger partial charge is 0.244 e. The van der Waals surface area contributed by atoms with Crippen molar-refractivity contribution in [2.24, 2.45) is 11.7 Å². The van der Waals surface area contributed by atoms with Crippen LogP contribution in [0.5, 0.6) is 0 Å². The van der Waals surface area contributed by atoms with E-state index in [-0.39, 0.29) is 11.8 Å². The maximum Gasteiger partial charge on any atom is 0.244 e. The number of primary amides is 1. The molecule has 2 unspecified atom stereocenters. The lowest BCUT2D eigenvalue weighted by Gasteiger charge is -2.20. The molecule has 28 heavy (non-hydrogen) atoms. The summed E-state index contributed by atoms with van der Waals surface area (Å²) in [7, 11) is 0. The molecular weight excluding hydrogens is 376 g/mol. The average molecular weight is 403 g/mol. The second-order valence-corrected chi connectivity index (χ2v) is 7.35.